The summed E-state index contributed by atoms with van der Waals surface area (Å²) in [6, 6.07) is 4.02. The number of carbonyl (C=O) groups excluding carboxylic acids is 2. The van der Waals surface area contributed by atoms with Crippen LogP contribution >= 0.6 is 0 Å². The second kappa shape index (κ2) is 7.02. The van der Waals surface area contributed by atoms with E-state index in [-0.39, 0.29) is 17.5 Å². The van der Waals surface area contributed by atoms with E-state index < -0.39 is 29.7 Å². The van der Waals surface area contributed by atoms with Crippen molar-refractivity contribution in [2.24, 2.45) is 5.41 Å². The van der Waals surface area contributed by atoms with E-state index in [1.54, 1.807) is 0 Å². The van der Waals surface area contributed by atoms with Gasteiger partial charge in [-0.3, -0.25) is 9.59 Å². The van der Waals surface area contributed by atoms with E-state index in [1.807, 2.05) is 20.8 Å². The number of amides is 1. The average molecular weight is 331 g/mol. The van der Waals surface area contributed by atoms with Gasteiger partial charge in [-0.1, -0.05) is 20.8 Å². The van der Waals surface area contributed by atoms with Crippen molar-refractivity contribution < 1.29 is 27.5 Å². The highest BCUT2D eigenvalue weighted by Gasteiger charge is 2.30. The highest BCUT2D eigenvalue weighted by molar-refractivity contribution is 5.95. The van der Waals surface area contributed by atoms with Crippen LogP contribution in [-0.2, 0) is 20.5 Å². The van der Waals surface area contributed by atoms with Crippen LogP contribution in [0.15, 0.2) is 24.3 Å². The molecule has 128 valence electrons. The molecule has 1 amide bonds. The summed E-state index contributed by atoms with van der Waals surface area (Å²) in [4.78, 5) is 23.5. The molecule has 1 atom stereocenters. The number of hydrogen-bond acceptors (Lipinski definition) is 3. The molecule has 0 aliphatic carbocycles. The molecule has 1 aromatic carbocycles. The third kappa shape index (κ3) is 6.71. The van der Waals surface area contributed by atoms with E-state index >= 15 is 0 Å². The van der Waals surface area contributed by atoms with Gasteiger partial charge in [-0.25, -0.2) is 0 Å². The Morgan fingerprint density at radius 3 is 2.09 bits per heavy atom. The number of nitrogens with one attached hydrogen (secondary N) is 1. The molecular formula is C16H20F3NO3. The topological polar surface area (TPSA) is 55.4 Å². The maximum Gasteiger partial charge on any atom is 0.416 e. The standard InChI is InChI=1S/C16H20F3NO3/c1-10(23-13(21)9-15(2,3)4)14(22)20-12-7-5-11(6-8-12)16(17,18)19/h5-8,10H,9H2,1-4H3,(H,20,22)/t10-/m0/s1. The summed E-state index contributed by atoms with van der Waals surface area (Å²) in [6.07, 6.45) is -5.31. The summed E-state index contributed by atoms with van der Waals surface area (Å²) in [5.74, 6) is -1.11. The van der Waals surface area contributed by atoms with Gasteiger partial charge in [0.2, 0.25) is 0 Å². The van der Waals surface area contributed by atoms with Crippen LogP contribution in [0.1, 0.15) is 39.7 Å². The van der Waals surface area contributed by atoms with Gasteiger partial charge in [-0.05, 0) is 36.6 Å². The molecule has 1 N–H and O–H groups in total. The summed E-state index contributed by atoms with van der Waals surface area (Å²) in [6.45, 7) is 6.99. The number of anilines is 1. The number of halogens is 3. The van der Waals surface area contributed by atoms with E-state index in [4.69, 9.17) is 4.74 Å². The van der Waals surface area contributed by atoms with E-state index in [0.717, 1.165) is 24.3 Å². The monoisotopic (exact) mass is 331 g/mol. The van der Waals surface area contributed by atoms with Crippen molar-refractivity contribution in [1.29, 1.82) is 0 Å². The van der Waals surface area contributed by atoms with E-state index in [1.165, 1.54) is 6.92 Å². The van der Waals surface area contributed by atoms with E-state index in [0.29, 0.717) is 0 Å². The number of ether oxygens (including phenoxy) is 1. The molecule has 23 heavy (non-hydrogen) atoms. The summed E-state index contributed by atoms with van der Waals surface area (Å²) >= 11 is 0. The molecule has 0 saturated carbocycles. The summed E-state index contributed by atoms with van der Waals surface area (Å²) in [5, 5.41) is 2.41. The molecule has 0 unspecified atom stereocenters. The zero-order valence-electron chi connectivity index (χ0n) is 13.5. The van der Waals surface area contributed by atoms with Gasteiger partial charge in [0.25, 0.3) is 5.91 Å². The zero-order chi connectivity index (χ0) is 17.8. The Morgan fingerprint density at radius 1 is 1.13 bits per heavy atom. The van der Waals surface area contributed by atoms with Gasteiger partial charge in [0, 0.05) is 5.69 Å². The number of alkyl halides is 3. The Morgan fingerprint density at radius 2 is 1.65 bits per heavy atom. The number of carbonyl (C=O) groups is 2. The molecule has 0 bridgehead atoms. The lowest BCUT2D eigenvalue weighted by Crippen LogP contribution is -2.31. The highest BCUT2D eigenvalue weighted by Crippen LogP contribution is 2.29. The second-order valence-corrected chi connectivity index (χ2v) is 6.43. The van der Waals surface area contributed by atoms with Crippen molar-refractivity contribution in [3.63, 3.8) is 0 Å². The van der Waals surface area contributed by atoms with Crippen LogP contribution in [0.25, 0.3) is 0 Å². The molecule has 0 aliphatic rings. The SMILES string of the molecule is C[C@H](OC(=O)CC(C)(C)C)C(=O)Nc1ccc(C(F)(F)F)cc1. The van der Waals surface area contributed by atoms with Crippen LogP contribution in [0.3, 0.4) is 0 Å². The molecule has 0 aromatic heterocycles. The summed E-state index contributed by atoms with van der Waals surface area (Å²) in [7, 11) is 0. The van der Waals surface area contributed by atoms with Crippen LogP contribution in [0.5, 0.6) is 0 Å². The number of rotatable bonds is 4. The van der Waals surface area contributed by atoms with Gasteiger partial charge in [0.05, 0.1) is 12.0 Å². The second-order valence-electron chi connectivity index (χ2n) is 6.43. The predicted octanol–water partition coefficient (Wildman–Crippen LogP) is 4.01. The minimum absolute atomic E-state index is 0.158. The highest BCUT2D eigenvalue weighted by atomic mass is 19.4. The first-order valence-electron chi connectivity index (χ1n) is 7.06. The largest absolute Gasteiger partial charge is 0.453 e. The first-order chi connectivity index (χ1) is 10.4. The maximum absolute atomic E-state index is 12.4. The number of benzene rings is 1. The number of hydrogen-bond donors (Lipinski definition) is 1. The van der Waals surface area contributed by atoms with Crippen LogP contribution in [0.2, 0.25) is 0 Å². The smallest absolute Gasteiger partial charge is 0.416 e. The molecule has 1 aromatic rings. The van der Waals surface area contributed by atoms with Crippen molar-refractivity contribution in [1.82, 2.24) is 0 Å². The minimum Gasteiger partial charge on any atom is -0.453 e. The first kappa shape index (κ1) is 19.0. The van der Waals surface area contributed by atoms with E-state index in [2.05, 4.69) is 5.32 Å². The van der Waals surface area contributed by atoms with Gasteiger partial charge in [0.15, 0.2) is 6.10 Å². The summed E-state index contributed by atoms with van der Waals surface area (Å²) < 4.78 is 42.3. The predicted molar refractivity (Wildman–Crippen MR) is 79.7 cm³/mol. The maximum atomic E-state index is 12.4. The van der Waals surface area contributed by atoms with Crippen LogP contribution < -0.4 is 5.32 Å². The Labute approximate surface area is 133 Å². The third-order valence-electron chi connectivity index (χ3n) is 2.83. The van der Waals surface area contributed by atoms with Gasteiger partial charge in [0.1, 0.15) is 0 Å². The Bertz CT molecular complexity index is 559. The van der Waals surface area contributed by atoms with E-state index in [9.17, 15) is 22.8 Å². The van der Waals surface area contributed by atoms with Crippen LogP contribution in [0, 0.1) is 5.41 Å². The molecule has 4 nitrogen and oxygen atoms in total. The molecule has 0 fully saturated rings. The molecule has 0 aliphatic heterocycles. The molecule has 0 radical (unpaired) electrons. The fourth-order valence-corrected chi connectivity index (χ4v) is 1.71. The molecule has 0 heterocycles. The Balaban J connectivity index is 2.60. The molecule has 0 saturated heterocycles. The van der Waals surface area contributed by atoms with Crippen molar-refractivity contribution >= 4 is 17.6 Å². The van der Waals surface area contributed by atoms with Crippen molar-refractivity contribution in [2.45, 2.75) is 46.4 Å². The Hall–Kier alpha value is -2.05. The Kier molecular flexibility index (Phi) is 5.80. The number of esters is 1. The lowest BCUT2D eigenvalue weighted by atomic mass is 9.92. The van der Waals surface area contributed by atoms with Gasteiger partial charge < -0.3 is 10.1 Å². The molecule has 1 rings (SSSR count). The van der Waals surface area contributed by atoms with Crippen LogP contribution in [-0.4, -0.2) is 18.0 Å². The summed E-state index contributed by atoms with van der Waals surface area (Å²) in [5.41, 5.74) is -0.873. The zero-order valence-corrected chi connectivity index (χ0v) is 13.5. The van der Waals surface area contributed by atoms with Crippen molar-refractivity contribution in [3.05, 3.63) is 29.8 Å². The lowest BCUT2D eigenvalue weighted by Gasteiger charge is -2.19. The van der Waals surface area contributed by atoms with Crippen molar-refractivity contribution in [3.8, 4) is 0 Å². The van der Waals surface area contributed by atoms with Gasteiger partial charge in [-0.2, -0.15) is 13.2 Å². The normalized spacial score (nSPS) is 13.3. The third-order valence-corrected chi connectivity index (χ3v) is 2.83. The quantitative estimate of drug-likeness (QED) is 0.848. The molecule has 0 spiro atoms. The fourth-order valence-electron chi connectivity index (χ4n) is 1.71. The van der Waals surface area contributed by atoms with Crippen molar-refractivity contribution in [2.75, 3.05) is 5.32 Å². The minimum atomic E-state index is -4.43. The first-order valence-corrected chi connectivity index (χ1v) is 7.06. The average Bonchev–Trinajstić information content (AvgIpc) is 2.35. The van der Waals surface area contributed by atoms with Gasteiger partial charge >= 0.3 is 12.1 Å². The van der Waals surface area contributed by atoms with Gasteiger partial charge in [-0.15, -0.1) is 0 Å². The fraction of sp³-hybridized carbons (Fsp3) is 0.500. The van der Waals surface area contributed by atoms with Crippen LogP contribution in [0.4, 0.5) is 18.9 Å². The molecular weight excluding hydrogens is 311 g/mol. The lowest BCUT2D eigenvalue weighted by molar-refractivity contribution is -0.154. The molecule has 7 heteroatoms.